The van der Waals surface area contributed by atoms with E-state index in [4.69, 9.17) is 0 Å². The van der Waals surface area contributed by atoms with Crippen LogP contribution in [0.5, 0.6) is 0 Å². The molecule has 3 rings (SSSR count). The third-order valence-electron chi connectivity index (χ3n) is 4.21. The summed E-state index contributed by atoms with van der Waals surface area (Å²) in [6.45, 7) is 6.17. The number of aryl methyl sites for hydroxylation is 2. The highest BCUT2D eigenvalue weighted by atomic mass is 16.6. The number of amides is 1. The number of anilines is 1. The minimum Gasteiger partial charge on any atom is -0.324 e. The summed E-state index contributed by atoms with van der Waals surface area (Å²) in [6, 6.07) is 8.83. The number of nitrogens with zero attached hydrogens (tertiary/aromatic N) is 5. The number of benzene rings is 1. The summed E-state index contributed by atoms with van der Waals surface area (Å²) in [7, 11) is 0. The molecular weight excluding hydrogens is 348 g/mol. The molecule has 1 N–H and O–H groups in total. The van der Waals surface area contributed by atoms with Crippen LogP contribution in [0.25, 0.3) is 0 Å². The van der Waals surface area contributed by atoms with E-state index >= 15 is 0 Å². The van der Waals surface area contributed by atoms with E-state index in [0.717, 1.165) is 23.1 Å². The van der Waals surface area contributed by atoms with Crippen molar-refractivity contribution in [3.05, 3.63) is 69.8 Å². The van der Waals surface area contributed by atoms with Gasteiger partial charge in [-0.2, -0.15) is 10.2 Å². The molecule has 2 heterocycles. The fraction of sp³-hybridized carbons (Fsp3) is 0.278. The Hall–Kier alpha value is -3.49. The smallest absolute Gasteiger partial charge is 0.307 e. The lowest BCUT2D eigenvalue weighted by Gasteiger charge is -2.13. The SMILES string of the molecule is Cc1cc(C)n(Cc2cccc(NC(=O)C(C)n3cc([N+](=O)[O-])cn3)c2)n1. The second-order valence-corrected chi connectivity index (χ2v) is 6.39. The second-order valence-electron chi connectivity index (χ2n) is 6.39. The zero-order valence-electron chi connectivity index (χ0n) is 15.3. The fourth-order valence-corrected chi connectivity index (χ4v) is 2.76. The van der Waals surface area contributed by atoms with Gasteiger partial charge >= 0.3 is 5.69 Å². The first kappa shape index (κ1) is 18.3. The Labute approximate surface area is 155 Å². The molecule has 1 unspecified atom stereocenters. The van der Waals surface area contributed by atoms with Crippen molar-refractivity contribution in [3.63, 3.8) is 0 Å². The predicted octanol–water partition coefficient (Wildman–Crippen LogP) is 2.85. The molecular formula is C18H20N6O3. The maximum Gasteiger partial charge on any atom is 0.307 e. The average molecular weight is 368 g/mol. The Kier molecular flexibility index (Phi) is 5.02. The molecule has 1 amide bonds. The highest BCUT2D eigenvalue weighted by molar-refractivity contribution is 5.93. The van der Waals surface area contributed by atoms with Crippen molar-refractivity contribution >= 4 is 17.3 Å². The van der Waals surface area contributed by atoms with Crippen LogP contribution in [-0.2, 0) is 11.3 Å². The van der Waals surface area contributed by atoms with Crippen molar-refractivity contribution in [2.24, 2.45) is 0 Å². The number of rotatable bonds is 6. The molecule has 0 aliphatic heterocycles. The zero-order valence-corrected chi connectivity index (χ0v) is 15.3. The quantitative estimate of drug-likeness (QED) is 0.532. The van der Waals surface area contributed by atoms with Crippen LogP contribution in [0, 0.1) is 24.0 Å². The normalized spacial score (nSPS) is 12.0. The molecule has 9 heteroatoms. The van der Waals surface area contributed by atoms with Crippen molar-refractivity contribution in [3.8, 4) is 0 Å². The first-order chi connectivity index (χ1) is 12.8. The highest BCUT2D eigenvalue weighted by Gasteiger charge is 2.19. The molecule has 0 bridgehead atoms. The van der Waals surface area contributed by atoms with Crippen LogP contribution < -0.4 is 5.32 Å². The standard InChI is InChI=1S/C18H20N6O3/c1-12-7-13(2)22(21-12)10-15-5-4-6-16(8-15)20-18(25)14(3)23-11-17(9-19-23)24(26)27/h4-9,11,14H,10H2,1-3H3,(H,20,25). The van der Waals surface area contributed by atoms with Crippen LogP contribution in [0.15, 0.2) is 42.7 Å². The lowest BCUT2D eigenvalue weighted by Crippen LogP contribution is -2.24. The zero-order chi connectivity index (χ0) is 19.6. The Morgan fingerprint density at radius 1 is 1.33 bits per heavy atom. The molecule has 9 nitrogen and oxygen atoms in total. The van der Waals surface area contributed by atoms with Gasteiger partial charge in [-0.1, -0.05) is 12.1 Å². The summed E-state index contributed by atoms with van der Waals surface area (Å²) in [6.07, 6.45) is 2.36. The van der Waals surface area contributed by atoms with Crippen molar-refractivity contribution in [2.75, 3.05) is 5.32 Å². The van der Waals surface area contributed by atoms with Gasteiger partial charge in [0.2, 0.25) is 5.91 Å². The van der Waals surface area contributed by atoms with Crippen LogP contribution in [0.3, 0.4) is 0 Å². The van der Waals surface area contributed by atoms with Gasteiger partial charge in [-0.05, 0) is 44.5 Å². The summed E-state index contributed by atoms with van der Waals surface area (Å²) in [5, 5.41) is 21.9. The molecule has 0 aliphatic carbocycles. The highest BCUT2D eigenvalue weighted by Crippen LogP contribution is 2.17. The number of carbonyl (C=O) groups excluding carboxylic acids is 1. The van der Waals surface area contributed by atoms with Gasteiger partial charge in [0, 0.05) is 11.4 Å². The minimum absolute atomic E-state index is 0.151. The van der Waals surface area contributed by atoms with Crippen LogP contribution in [0.1, 0.15) is 29.9 Å². The third-order valence-corrected chi connectivity index (χ3v) is 4.21. The third kappa shape index (κ3) is 4.20. The number of nitrogens with one attached hydrogen (secondary N) is 1. The molecule has 0 aliphatic rings. The van der Waals surface area contributed by atoms with Crippen molar-refractivity contribution in [1.29, 1.82) is 0 Å². The van der Waals surface area contributed by atoms with Gasteiger partial charge in [0.05, 0.1) is 17.2 Å². The number of aromatic nitrogens is 4. The average Bonchev–Trinajstić information content (AvgIpc) is 3.21. The van der Waals surface area contributed by atoms with E-state index in [1.807, 2.05) is 42.8 Å². The van der Waals surface area contributed by atoms with E-state index in [0.29, 0.717) is 12.2 Å². The summed E-state index contributed by atoms with van der Waals surface area (Å²) in [5.41, 5.74) is 3.52. The molecule has 140 valence electrons. The Bertz CT molecular complexity index is 991. The molecule has 1 aromatic carbocycles. The van der Waals surface area contributed by atoms with Crippen molar-refractivity contribution in [2.45, 2.75) is 33.4 Å². The van der Waals surface area contributed by atoms with Crippen molar-refractivity contribution in [1.82, 2.24) is 19.6 Å². The van der Waals surface area contributed by atoms with Crippen LogP contribution in [0.4, 0.5) is 11.4 Å². The molecule has 0 spiro atoms. The monoisotopic (exact) mass is 368 g/mol. The van der Waals surface area contributed by atoms with Gasteiger partial charge in [-0.25, -0.2) is 0 Å². The number of hydrogen-bond donors (Lipinski definition) is 1. The van der Waals surface area contributed by atoms with Crippen LogP contribution in [0.2, 0.25) is 0 Å². The number of carbonyl (C=O) groups is 1. The van der Waals surface area contributed by atoms with Crippen LogP contribution >= 0.6 is 0 Å². The van der Waals surface area contributed by atoms with Crippen molar-refractivity contribution < 1.29 is 9.72 Å². The van der Waals surface area contributed by atoms with E-state index in [9.17, 15) is 14.9 Å². The topological polar surface area (TPSA) is 108 Å². The molecule has 27 heavy (non-hydrogen) atoms. The molecule has 0 saturated carbocycles. The molecule has 1 atom stereocenters. The van der Waals surface area contributed by atoms with Crippen LogP contribution in [-0.4, -0.2) is 30.4 Å². The fourth-order valence-electron chi connectivity index (χ4n) is 2.76. The van der Waals surface area contributed by atoms with Gasteiger partial charge in [-0.15, -0.1) is 0 Å². The van der Waals surface area contributed by atoms with E-state index in [1.165, 1.54) is 10.9 Å². The molecule has 0 saturated heterocycles. The lowest BCUT2D eigenvalue weighted by atomic mass is 10.2. The van der Waals surface area contributed by atoms with Gasteiger partial charge in [0.25, 0.3) is 0 Å². The summed E-state index contributed by atoms with van der Waals surface area (Å²) < 4.78 is 3.18. The molecule has 2 aromatic heterocycles. The van der Waals surface area contributed by atoms with E-state index < -0.39 is 11.0 Å². The van der Waals surface area contributed by atoms with Gasteiger partial charge in [0.1, 0.15) is 18.4 Å². The van der Waals surface area contributed by atoms with E-state index in [1.54, 1.807) is 13.0 Å². The lowest BCUT2D eigenvalue weighted by molar-refractivity contribution is -0.385. The molecule has 3 aromatic rings. The first-order valence-corrected chi connectivity index (χ1v) is 8.43. The Morgan fingerprint density at radius 3 is 2.74 bits per heavy atom. The summed E-state index contributed by atoms with van der Waals surface area (Å²) >= 11 is 0. The Balaban J connectivity index is 1.70. The summed E-state index contributed by atoms with van der Waals surface area (Å²) in [4.78, 5) is 22.7. The van der Waals surface area contributed by atoms with Gasteiger partial charge in [-0.3, -0.25) is 24.3 Å². The first-order valence-electron chi connectivity index (χ1n) is 8.43. The summed E-state index contributed by atoms with van der Waals surface area (Å²) in [5.74, 6) is -0.309. The maximum atomic E-state index is 12.5. The number of hydrogen-bond acceptors (Lipinski definition) is 5. The molecule has 0 radical (unpaired) electrons. The number of nitro groups is 1. The second kappa shape index (κ2) is 7.40. The van der Waals surface area contributed by atoms with E-state index in [-0.39, 0.29) is 11.6 Å². The van der Waals surface area contributed by atoms with E-state index in [2.05, 4.69) is 15.5 Å². The van der Waals surface area contributed by atoms with Gasteiger partial charge in [0.15, 0.2) is 0 Å². The maximum absolute atomic E-state index is 12.5. The molecule has 0 fully saturated rings. The van der Waals surface area contributed by atoms with Gasteiger partial charge < -0.3 is 5.32 Å². The minimum atomic E-state index is -0.682. The largest absolute Gasteiger partial charge is 0.324 e. The Morgan fingerprint density at radius 2 is 2.11 bits per heavy atom. The predicted molar refractivity (Wildman–Crippen MR) is 99.5 cm³/mol.